The van der Waals surface area contributed by atoms with Gasteiger partial charge in [0.1, 0.15) is 5.54 Å². The van der Waals surface area contributed by atoms with E-state index in [9.17, 15) is 4.79 Å². The van der Waals surface area contributed by atoms with Crippen molar-refractivity contribution >= 4 is 52.7 Å². The van der Waals surface area contributed by atoms with Gasteiger partial charge in [-0.3, -0.25) is 9.52 Å². The largest absolute Gasteiger partial charge is 0.332 e. The molecule has 0 bridgehead atoms. The lowest BCUT2D eigenvalue weighted by Gasteiger charge is -2.21. The minimum atomic E-state index is -0.847. The number of aliphatic imine (C=N–C) groups is 1. The number of hydrogen-bond donors (Lipinski definition) is 2. The lowest BCUT2D eigenvalue weighted by atomic mass is 10.1. The summed E-state index contributed by atoms with van der Waals surface area (Å²) in [6.07, 6.45) is 1.72. The first kappa shape index (κ1) is 18.1. The number of hydrogen-bond acceptors (Lipinski definition) is 5. The van der Waals surface area contributed by atoms with Gasteiger partial charge in [0.25, 0.3) is 5.91 Å². The van der Waals surface area contributed by atoms with Gasteiger partial charge >= 0.3 is 0 Å². The van der Waals surface area contributed by atoms with Crippen LogP contribution in [0.4, 0.5) is 5.69 Å². The van der Waals surface area contributed by atoms with Crippen molar-refractivity contribution in [3.8, 4) is 0 Å². The van der Waals surface area contributed by atoms with Gasteiger partial charge < -0.3 is 5.32 Å². The zero-order valence-electron chi connectivity index (χ0n) is 13.1. The number of guanidine groups is 1. The van der Waals surface area contributed by atoms with Crippen molar-refractivity contribution in [3.05, 3.63) is 39.9 Å². The quantitative estimate of drug-likeness (QED) is 0.609. The summed E-state index contributed by atoms with van der Waals surface area (Å²) in [6.45, 7) is 6.40. The normalized spacial score (nSPS) is 17.0. The van der Waals surface area contributed by atoms with Crippen LogP contribution < -0.4 is 14.9 Å². The molecule has 0 unspecified atom stereocenters. The fourth-order valence-corrected chi connectivity index (χ4v) is 2.92. The van der Waals surface area contributed by atoms with Crippen molar-refractivity contribution in [2.24, 2.45) is 4.99 Å². The molecular formula is C15H18Cl2N4OS. The van der Waals surface area contributed by atoms with E-state index in [0.29, 0.717) is 21.7 Å². The van der Waals surface area contributed by atoms with Gasteiger partial charge in [0, 0.05) is 28.2 Å². The van der Waals surface area contributed by atoms with E-state index < -0.39 is 5.54 Å². The van der Waals surface area contributed by atoms with Gasteiger partial charge in [0.05, 0.1) is 5.69 Å². The zero-order valence-corrected chi connectivity index (χ0v) is 15.4. The van der Waals surface area contributed by atoms with Gasteiger partial charge in [0.15, 0.2) is 0 Å². The molecule has 0 saturated heterocycles. The lowest BCUT2D eigenvalue weighted by Crippen LogP contribution is -2.42. The Labute approximate surface area is 150 Å². The smallest absolute Gasteiger partial charge is 0.261 e. The molecule has 0 fully saturated rings. The highest BCUT2D eigenvalue weighted by atomic mass is 35.5. The summed E-state index contributed by atoms with van der Waals surface area (Å²) in [7, 11) is 0. The van der Waals surface area contributed by atoms with Crippen molar-refractivity contribution < 1.29 is 4.79 Å². The Kier molecular flexibility index (Phi) is 5.97. The molecule has 1 heterocycles. The summed E-state index contributed by atoms with van der Waals surface area (Å²) in [5, 5.41) is 5.80. The third-order valence-electron chi connectivity index (χ3n) is 3.01. The summed E-state index contributed by atoms with van der Waals surface area (Å²) in [5.74, 6) is 0.290. The van der Waals surface area contributed by atoms with E-state index in [-0.39, 0.29) is 5.91 Å². The van der Waals surface area contributed by atoms with E-state index in [0.717, 1.165) is 6.54 Å². The zero-order chi connectivity index (χ0) is 17.0. The molecular weight excluding hydrogens is 355 g/mol. The highest BCUT2D eigenvalue weighted by Crippen LogP contribution is 2.31. The Hall–Kier alpha value is -1.21. The number of halogens is 2. The fourth-order valence-electron chi connectivity index (χ4n) is 2.01. The first-order chi connectivity index (χ1) is 10.8. The van der Waals surface area contributed by atoms with Crippen LogP contribution in [0.5, 0.6) is 0 Å². The highest BCUT2D eigenvalue weighted by Gasteiger charge is 2.41. The molecule has 2 N–H and O–H groups in total. The molecule has 0 spiro atoms. The summed E-state index contributed by atoms with van der Waals surface area (Å²) >= 11 is 13.5. The maximum absolute atomic E-state index is 12.6. The van der Waals surface area contributed by atoms with Crippen LogP contribution in [0.15, 0.2) is 34.8 Å². The minimum absolute atomic E-state index is 0.147. The minimum Gasteiger partial charge on any atom is -0.332 e. The molecule has 0 radical (unpaired) electrons. The van der Waals surface area contributed by atoms with Crippen LogP contribution >= 0.6 is 35.1 Å². The Morgan fingerprint density at radius 2 is 1.96 bits per heavy atom. The number of amides is 1. The number of carbonyl (C=O) groups excluding carboxylic acids is 1. The first-order valence-electron chi connectivity index (χ1n) is 7.05. The summed E-state index contributed by atoms with van der Waals surface area (Å²) < 4.78 is 3.09. The average molecular weight is 373 g/mol. The van der Waals surface area contributed by atoms with E-state index in [2.05, 4.69) is 15.0 Å². The molecule has 23 heavy (non-hydrogen) atoms. The number of benzene rings is 1. The second-order valence-corrected chi connectivity index (χ2v) is 6.99. The van der Waals surface area contributed by atoms with Crippen LogP contribution in [0, 0.1) is 0 Å². The van der Waals surface area contributed by atoms with Crippen LogP contribution in [0.2, 0.25) is 10.0 Å². The van der Waals surface area contributed by atoms with Crippen molar-refractivity contribution in [2.45, 2.75) is 26.3 Å². The van der Waals surface area contributed by atoms with E-state index in [1.54, 1.807) is 38.2 Å². The Balaban J connectivity index is 2.26. The second kappa shape index (κ2) is 7.57. The monoisotopic (exact) mass is 372 g/mol. The predicted molar refractivity (Wildman–Crippen MR) is 99.0 cm³/mol. The van der Waals surface area contributed by atoms with Gasteiger partial charge in [-0.05, 0) is 32.0 Å². The maximum Gasteiger partial charge on any atom is 0.261 e. The number of nitrogens with zero attached hydrogens (tertiary/aromatic N) is 2. The predicted octanol–water partition coefficient (Wildman–Crippen LogP) is 3.79. The Bertz CT molecular complexity index is 641. The standard InChI is InChI=1S/C15H18Cl2N4OS/c1-4-19-23-6-5-18-14-20-15(2,3)13(22)21(14)12-8-10(16)7-11(17)9-12/h5-9,19H,4H2,1-3H3,(H,18,20)/b6-5+. The summed E-state index contributed by atoms with van der Waals surface area (Å²) in [6, 6.07) is 4.98. The van der Waals surface area contributed by atoms with Crippen LogP contribution in [0.25, 0.3) is 0 Å². The Morgan fingerprint density at radius 1 is 1.30 bits per heavy atom. The van der Waals surface area contributed by atoms with Crippen molar-refractivity contribution in [1.29, 1.82) is 0 Å². The molecule has 1 aliphatic heterocycles. The second-order valence-electron chi connectivity index (χ2n) is 5.33. The summed E-state index contributed by atoms with van der Waals surface area (Å²) in [4.78, 5) is 18.6. The molecule has 0 aromatic heterocycles. The molecule has 0 saturated carbocycles. The van der Waals surface area contributed by atoms with Gasteiger partial charge in [0.2, 0.25) is 5.96 Å². The lowest BCUT2D eigenvalue weighted by molar-refractivity contribution is -0.120. The van der Waals surface area contributed by atoms with E-state index in [4.69, 9.17) is 23.2 Å². The van der Waals surface area contributed by atoms with Gasteiger partial charge in [-0.1, -0.05) is 42.1 Å². The SMILES string of the molecule is CCNS/C=C/NC1=NC(C)(C)C(=O)N1c1cc(Cl)cc(Cl)c1. The van der Waals surface area contributed by atoms with Gasteiger partial charge in [-0.15, -0.1) is 0 Å². The van der Waals surface area contributed by atoms with Crippen molar-refractivity contribution in [2.75, 3.05) is 11.4 Å². The third kappa shape index (κ3) is 4.41. The molecule has 1 aliphatic rings. The topological polar surface area (TPSA) is 56.7 Å². The highest BCUT2D eigenvalue weighted by molar-refractivity contribution is 8.00. The Morgan fingerprint density at radius 3 is 2.57 bits per heavy atom. The van der Waals surface area contributed by atoms with Crippen LogP contribution in [-0.4, -0.2) is 24.0 Å². The fraction of sp³-hybridized carbons (Fsp3) is 0.333. The molecule has 0 atom stereocenters. The molecule has 2 rings (SSSR count). The molecule has 8 heteroatoms. The molecule has 1 aromatic rings. The van der Waals surface area contributed by atoms with Crippen molar-refractivity contribution in [1.82, 2.24) is 10.0 Å². The molecule has 0 aliphatic carbocycles. The number of carbonyl (C=O) groups is 1. The molecule has 1 aromatic carbocycles. The number of rotatable bonds is 5. The van der Waals surface area contributed by atoms with E-state index in [1.807, 2.05) is 12.3 Å². The molecule has 5 nitrogen and oxygen atoms in total. The van der Waals surface area contributed by atoms with Gasteiger partial charge in [-0.25, -0.2) is 9.89 Å². The van der Waals surface area contributed by atoms with E-state index >= 15 is 0 Å². The van der Waals surface area contributed by atoms with Crippen LogP contribution in [-0.2, 0) is 4.79 Å². The maximum atomic E-state index is 12.6. The summed E-state index contributed by atoms with van der Waals surface area (Å²) in [5.41, 5.74) is -0.267. The number of nitrogens with one attached hydrogen (secondary N) is 2. The van der Waals surface area contributed by atoms with Gasteiger partial charge in [-0.2, -0.15) is 0 Å². The van der Waals surface area contributed by atoms with Crippen LogP contribution in [0.3, 0.4) is 0 Å². The molecule has 124 valence electrons. The third-order valence-corrected chi connectivity index (χ3v) is 4.17. The van der Waals surface area contributed by atoms with E-state index in [1.165, 1.54) is 16.8 Å². The first-order valence-corrected chi connectivity index (χ1v) is 8.69. The van der Waals surface area contributed by atoms with Crippen LogP contribution in [0.1, 0.15) is 20.8 Å². The number of anilines is 1. The molecule has 1 amide bonds. The van der Waals surface area contributed by atoms with Crippen molar-refractivity contribution in [3.63, 3.8) is 0 Å². The average Bonchev–Trinajstić information content (AvgIpc) is 2.67.